The van der Waals surface area contributed by atoms with Crippen molar-refractivity contribution < 1.29 is 18.0 Å². The molecule has 0 unspecified atom stereocenters. The lowest BCUT2D eigenvalue weighted by Gasteiger charge is -2.37. The predicted octanol–water partition coefficient (Wildman–Crippen LogP) is 4.20. The molecule has 1 atom stereocenters. The van der Waals surface area contributed by atoms with Crippen LogP contribution in [0.5, 0.6) is 0 Å². The first-order valence-corrected chi connectivity index (χ1v) is 13.5. The second kappa shape index (κ2) is 10.6. The van der Waals surface area contributed by atoms with Gasteiger partial charge in [-0.2, -0.15) is 17.0 Å². The quantitative estimate of drug-likeness (QED) is 0.598. The number of hydrogen-bond acceptors (Lipinski definition) is 4. The van der Waals surface area contributed by atoms with Gasteiger partial charge >= 0.3 is 0 Å². The number of halogens is 1. The van der Waals surface area contributed by atoms with Crippen LogP contribution in [0.4, 0.5) is 5.69 Å². The summed E-state index contributed by atoms with van der Waals surface area (Å²) in [6.07, 6.45) is 2.90. The number of nitrogens with one attached hydrogen (secondary N) is 1. The summed E-state index contributed by atoms with van der Waals surface area (Å²) in [4.78, 5) is 26.2. The molecule has 0 radical (unpaired) electrons. The first-order chi connectivity index (χ1) is 16.3. The predicted molar refractivity (Wildman–Crippen MR) is 133 cm³/mol. The molecular weight excluding hydrogens is 474 g/mol. The number of carbonyl (C=O) groups is 2. The van der Waals surface area contributed by atoms with Gasteiger partial charge in [0.05, 0.1) is 11.6 Å². The van der Waals surface area contributed by atoms with Crippen molar-refractivity contribution in [3.8, 4) is 0 Å². The summed E-state index contributed by atoms with van der Waals surface area (Å²) in [5.41, 5.74) is 1.16. The molecule has 0 aliphatic carbocycles. The van der Waals surface area contributed by atoms with E-state index in [1.807, 2.05) is 6.07 Å². The SMILES string of the molecule is CC1CCN(S(=O)(=O)N2CCC[C@H](C(=O)Nc3ccc(Cl)cc3C(=O)c3ccccc3)C2)CC1. The smallest absolute Gasteiger partial charge is 0.281 e. The maximum absolute atomic E-state index is 13.2. The summed E-state index contributed by atoms with van der Waals surface area (Å²) < 4.78 is 29.3. The van der Waals surface area contributed by atoms with Gasteiger partial charge in [0.1, 0.15) is 0 Å². The number of ketones is 1. The van der Waals surface area contributed by atoms with Crippen molar-refractivity contribution in [3.63, 3.8) is 0 Å². The summed E-state index contributed by atoms with van der Waals surface area (Å²) in [5, 5.41) is 3.25. The highest BCUT2D eigenvalue weighted by Crippen LogP contribution is 2.28. The Labute approximate surface area is 206 Å². The highest BCUT2D eigenvalue weighted by atomic mass is 35.5. The van der Waals surface area contributed by atoms with E-state index in [0.717, 1.165) is 12.8 Å². The van der Waals surface area contributed by atoms with Gasteiger partial charge in [0.25, 0.3) is 10.2 Å². The topological polar surface area (TPSA) is 86.8 Å². The van der Waals surface area contributed by atoms with Gasteiger partial charge in [-0.25, -0.2) is 0 Å². The first-order valence-electron chi connectivity index (χ1n) is 11.7. The fourth-order valence-corrected chi connectivity index (χ4v) is 6.44. The largest absolute Gasteiger partial charge is 0.325 e. The Morgan fingerprint density at radius 3 is 2.38 bits per heavy atom. The summed E-state index contributed by atoms with van der Waals surface area (Å²) in [6.45, 7) is 3.73. The van der Waals surface area contributed by atoms with Crippen LogP contribution in [0.25, 0.3) is 0 Å². The highest BCUT2D eigenvalue weighted by molar-refractivity contribution is 7.86. The van der Waals surface area contributed by atoms with E-state index < -0.39 is 16.1 Å². The van der Waals surface area contributed by atoms with Gasteiger partial charge in [0.2, 0.25) is 5.91 Å². The van der Waals surface area contributed by atoms with Crippen molar-refractivity contribution in [3.05, 3.63) is 64.7 Å². The number of hydrogen-bond donors (Lipinski definition) is 1. The van der Waals surface area contributed by atoms with E-state index in [0.29, 0.717) is 60.2 Å². The van der Waals surface area contributed by atoms with Gasteiger partial charge in [-0.05, 0) is 49.8 Å². The maximum atomic E-state index is 13.2. The molecule has 1 N–H and O–H groups in total. The molecule has 0 spiro atoms. The average Bonchev–Trinajstić information content (AvgIpc) is 2.85. The number of anilines is 1. The standard InChI is InChI=1S/C25H30ClN3O4S/c1-18-11-14-28(15-12-18)34(32,33)29-13-5-8-20(17-29)25(31)27-23-10-9-21(26)16-22(23)24(30)19-6-3-2-4-7-19/h2-4,6-7,9-10,16,18,20H,5,8,11-15,17H2,1H3,(H,27,31)/t20-/m0/s1. The summed E-state index contributed by atoms with van der Waals surface area (Å²) in [5.74, 6) is -0.511. The highest BCUT2D eigenvalue weighted by Gasteiger charge is 2.37. The van der Waals surface area contributed by atoms with Crippen LogP contribution in [0, 0.1) is 11.8 Å². The Morgan fingerprint density at radius 2 is 1.68 bits per heavy atom. The molecule has 34 heavy (non-hydrogen) atoms. The first kappa shape index (κ1) is 24.9. The van der Waals surface area contributed by atoms with Crippen LogP contribution in [0.1, 0.15) is 48.5 Å². The number of piperidine rings is 2. The van der Waals surface area contributed by atoms with E-state index in [1.54, 1.807) is 46.8 Å². The zero-order valence-electron chi connectivity index (χ0n) is 19.2. The normalized spacial score (nSPS) is 20.7. The van der Waals surface area contributed by atoms with Gasteiger partial charge in [-0.1, -0.05) is 48.9 Å². The Bertz CT molecular complexity index is 1150. The van der Waals surface area contributed by atoms with Crippen molar-refractivity contribution in [2.24, 2.45) is 11.8 Å². The number of nitrogens with zero attached hydrogens (tertiary/aromatic N) is 2. The second-order valence-electron chi connectivity index (χ2n) is 9.16. The van der Waals surface area contributed by atoms with Crippen molar-refractivity contribution in [2.45, 2.75) is 32.6 Å². The number of carbonyl (C=O) groups excluding carboxylic acids is 2. The Morgan fingerprint density at radius 1 is 0.971 bits per heavy atom. The van der Waals surface area contributed by atoms with Gasteiger partial charge < -0.3 is 5.32 Å². The van der Waals surface area contributed by atoms with Crippen LogP contribution in [0.3, 0.4) is 0 Å². The van der Waals surface area contributed by atoms with E-state index in [2.05, 4.69) is 12.2 Å². The summed E-state index contributed by atoms with van der Waals surface area (Å²) in [7, 11) is -3.60. The Hall–Kier alpha value is -2.26. The fourth-order valence-electron chi connectivity index (χ4n) is 4.54. The van der Waals surface area contributed by atoms with Crippen LogP contribution in [0.2, 0.25) is 5.02 Å². The lowest BCUT2D eigenvalue weighted by atomic mass is 9.97. The summed E-state index contributed by atoms with van der Waals surface area (Å²) in [6, 6.07) is 13.6. The molecule has 0 saturated carbocycles. The van der Waals surface area contributed by atoms with Gasteiger partial charge in [-0.15, -0.1) is 0 Å². The van der Waals surface area contributed by atoms with E-state index in [9.17, 15) is 18.0 Å². The minimum absolute atomic E-state index is 0.135. The molecule has 2 aliphatic heterocycles. The summed E-state index contributed by atoms with van der Waals surface area (Å²) >= 11 is 6.14. The monoisotopic (exact) mass is 503 g/mol. The van der Waals surface area contributed by atoms with E-state index in [1.165, 1.54) is 4.31 Å². The third-order valence-electron chi connectivity index (χ3n) is 6.67. The third kappa shape index (κ3) is 5.51. The molecule has 182 valence electrons. The van der Waals surface area contributed by atoms with E-state index in [-0.39, 0.29) is 18.2 Å². The molecular formula is C25H30ClN3O4S. The fraction of sp³-hybridized carbons (Fsp3) is 0.440. The number of rotatable bonds is 6. The number of benzene rings is 2. The van der Waals surface area contributed by atoms with Gasteiger partial charge in [0, 0.05) is 42.3 Å². The van der Waals surface area contributed by atoms with Crippen LogP contribution in [-0.2, 0) is 15.0 Å². The molecule has 2 heterocycles. The van der Waals surface area contributed by atoms with Crippen molar-refractivity contribution in [2.75, 3.05) is 31.5 Å². The molecule has 7 nitrogen and oxygen atoms in total. The zero-order chi connectivity index (χ0) is 24.3. The lowest BCUT2D eigenvalue weighted by molar-refractivity contribution is -0.120. The van der Waals surface area contributed by atoms with Crippen LogP contribution in [-0.4, -0.2) is 54.9 Å². The molecule has 2 aromatic rings. The minimum Gasteiger partial charge on any atom is -0.325 e. The van der Waals surface area contributed by atoms with Crippen LogP contribution in [0.15, 0.2) is 48.5 Å². The molecule has 9 heteroatoms. The van der Waals surface area contributed by atoms with Gasteiger partial charge in [-0.3, -0.25) is 9.59 Å². The second-order valence-corrected chi connectivity index (χ2v) is 11.5. The third-order valence-corrected chi connectivity index (χ3v) is 8.91. The Balaban J connectivity index is 1.48. The number of amides is 1. The molecule has 2 aromatic carbocycles. The Kier molecular flexibility index (Phi) is 7.72. The van der Waals surface area contributed by atoms with Crippen LogP contribution >= 0.6 is 11.6 Å². The maximum Gasteiger partial charge on any atom is 0.281 e. The van der Waals surface area contributed by atoms with Crippen molar-refractivity contribution >= 4 is 39.2 Å². The van der Waals surface area contributed by atoms with Gasteiger partial charge in [0.15, 0.2) is 5.78 Å². The molecule has 2 fully saturated rings. The van der Waals surface area contributed by atoms with Crippen molar-refractivity contribution in [1.29, 1.82) is 0 Å². The molecule has 2 aliphatic rings. The average molecular weight is 504 g/mol. The van der Waals surface area contributed by atoms with Crippen molar-refractivity contribution in [1.82, 2.24) is 8.61 Å². The minimum atomic E-state index is -3.60. The molecule has 0 aromatic heterocycles. The zero-order valence-corrected chi connectivity index (χ0v) is 20.8. The van der Waals surface area contributed by atoms with Crippen LogP contribution < -0.4 is 5.32 Å². The molecule has 0 bridgehead atoms. The van der Waals surface area contributed by atoms with E-state index in [4.69, 9.17) is 11.6 Å². The lowest BCUT2D eigenvalue weighted by Crippen LogP contribution is -2.51. The molecule has 1 amide bonds. The van der Waals surface area contributed by atoms with E-state index >= 15 is 0 Å². The molecule has 2 saturated heterocycles. The molecule has 4 rings (SSSR count).